The summed E-state index contributed by atoms with van der Waals surface area (Å²) in [6.45, 7) is 2.54. The Hall–Kier alpha value is -2.12. The fourth-order valence-corrected chi connectivity index (χ4v) is 4.18. The standard InChI is InChI=1S/C30H51NO6/c1-3-4-5-6-7-8-9-10-11-12-13-14-15-16-17-21-24-31-30(34)36-25-27(35-2)28(32)29(33)37-26-22-19-18-20-23-26/h18-20,22-23,27-28,32H,3-17,21,24-25H2,1-2H3,(H,31,34). The zero-order chi connectivity index (χ0) is 27.0. The molecule has 212 valence electrons. The fourth-order valence-electron chi connectivity index (χ4n) is 4.18. The van der Waals surface area contributed by atoms with E-state index in [9.17, 15) is 14.7 Å². The van der Waals surface area contributed by atoms with E-state index in [-0.39, 0.29) is 6.61 Å². The molecule has 1 aromatic rings. The highest BCUT2D eigenvalue weighted by Gasteiger charge is 2.29. The Kier molecular flexibility index (Phi) is 20.5. The third-order valence-electron chi connectivity index (χ3n) is 6.54. The molecule has 0 aliphatic rings. The molecule has 0 saturated heterocycles. The van der Waals surface area contributed by atoms with Gasteiger partial charge >= 0.3 is 12.1 Å². The topological polar surface area (TPSA) is 94.1 Å². The predicted molar refractivity (Wildman–Crippen MR) is 148 cm³/mol. The number of ether oxygens (including phenoxy) is 3. The van der Waals surface area contributed by atoms with Crippen LogP contribution in [-0.2, 0) is 14.3 Å². The van der Waals surface area contributed by atoms with E-state index in [1.165, 1.54) is 97.0 Å². The number of carbonyl (C=O) groups excluding carboxylic acids is 2. The molecule has 2 unspecified atom stereocenters. The summed E-state index contributed by atoms with van der Waals surface area (Å²) in [6.07, 6.45) is 17.7. The summed E-state index contributed by atoms with van der Waals surface area (Å²) in [5.41, 5.74) is 0. The molecular formula is C30H51NO6. The van der Waals surface area contributed by atoms with Crippen molar-refractivity contribution in [2.75, 3.05) is 20.3 Å². The molecule has 1 rings (SSSR count). The van der Waals surface area contributed by atoms with E-state index in [1.54, 1.807) is 30.3 Å². The van der Waals surface area contributed by atoms with Crippen molar-refractivity contribution < 1.29 is 28.9 Å². The lowest BCUT2D eigenvalue weighted by Crippen LogP contribution is -2.42. The number of para-hydroxylation sites is 1. The molecule has 1 amide bonds. The van der Waals surface area contributed by atoms with Gasteiger partial charge in [-0.25, -0.2) is 9.59 Å². The van der Waals surface area contributed by atoms with Crippen molar-refractivity contribution in [2.45, 2.75) is 122 Å². The van der Waals surface area contributed by atoms with Crippen molar-refractivity contribution in [3.63, 3.8) is 0 Å². The van der Waals surface area contributed by atoms with Gasteiger partial charge in [-0.2, -0.15) is 0 Å². The van der Waals surface area contributed by atoms with Crippen LogP contribution in [0.3, 0.4) is 0 Å². The first-order valence-electron chi connectivity index (χ1n) is 14.5. The largest absolute Gasteiger partial charge is 0.447 e. The van der Waals surface area contributed by atoms with Crippen molar-refractivity contribution in [1.82, 2.24) is 5.32 Å². The minimum Gasteiger partial charge on any atom is -0.447 e. The lowest BCUT2D eigenvalue weighted by atomic mass is 10.0. The first-order chi connectivity index (χ1) is 18.1. The van der Waals surface area contributed by atoms with Crippen LogP contribution >= 0.6 is 0 Å². The minimum atomic E-state index is -1.57. The van der Waals surface area contributed by atoms with Crippen LogP contribution in [0.25, 0.3) is 0 Å². The van der Waals surface area contributed by atoms with E-state index in [0.717, 1.165) is 12.8 Å². The van der Waals surface area contributed by atoms with Gasteiger partial charge in [0.25, 0.3) is 0 Å². The van der Waals surface area contributed by atoms with E-state index >= 15 is 0 Å². The number of amides is 1. The van der Waals surface area contributed by atoms with Crippen molar-refractivity contribution in [2.24, 2.45) is 0 Å². The van der Waals surface area contributed by atoms with Crippen molar-refractivity contribution in [3.8, 4) is 5.75 Å². The van der Waals surface area contributed by atoms with Gasteiger partial charge in [-0.15, -0.1) is 0 Å². The first kappa shape index (κ1) is 32.9. The summed E-state index contributed by atoms with van der Waals surface area (Å²) < 4.78 is 15.3. The molecule has 0 aromatic heterocycles. The number of aliphatic hydroxyl groups excluding tert-OH is 1. The number of hydrogen-bond donors (Lipinski definition) is 2. The number of unbranched alkanes of at least 4 members (excludes halogenated alkanes) is 15. The minimum absolute atomic E-state index is 0.258. The Morgan fingerprint density at radius 1 is 0.784 bits per heavy atom. The van der Waals surface area contributed by atoms with E-state index in [4.69, 9.17) is 14.2 Å². The fraction of sp³-hybridized carbons (Fsp3) is 0.733. The van der Waals surface area contributed by atoms with Gasteiger partial charge in [0.05, 0.1) is 0 Å². The molecule has 1 aromatic carbocycles. The monoisotopic (exact) mass is 521 g/mol. The molecule has 37 heavy (non-hydrogen) atoms. The smallest absolute Gasteiger partial charge is 0.407 e. The molecule has 2 N–H and O–H groups in total. The SMILES string of the molecule is CCCCCCCCCCCCCCCCCCNC(=O)OCC(OC)C(O)C(=O)Oc1ccccc1. The quantitative estimate of drug-likeness (QED) is 0.0919. The first-order valence-corrected chi connectivity index (χ1v) is 14.5. The van der Waals surface area contributed by atoms with Crippen LogP contribution in [-0.4, -0.2) is 49.6 Å². The number of esters is 1. The van der Waals surface area contributed by atoms with Gasteiger partial charge in [-0.1, -0.05) is 121 Å². The highest BCUT2D eigenvalue weighted by atomic mass is 16.6. The van der Waals surface area contributed by atoms with Crippen LogP contribution < -0.4 is 10.1 Å². The van der Waals surface area contributed by atoms with Gasteiger partial charge in [0.1, 0.15) is 18.5 Å². The highest BCUT2D eigenvalue weighted by molar-refractivity contribution is 5.77. The van der Waals surface area contributed by atoms with E-state index in [2.05, 4.69) is 12.2 Å². The number of alkyl carbamates (subject to hydrolysis) is 1. The van der Waals surface area contributed by atoms with Crippen LogP contribution in [0.15, 0.2) is 30.3 Å². The maximum Gasteiger partial charge on any atom is 0.407 e. The van der Waals surface area contributed by atoms with Gasteiger partial charge in [0, 0.05) is 13.7 Å². The van der Waals surface area contributed by atoms with Gasteiger partial charge in [-0.3, -0.25) is 0 Å². The predicted octanol–water partition coefficient (Wildman–Crippen LogP) is 6.96. The molecule has 0 saturated carbocycles. The van der Waals surface area contributed by atoms with Crippen LogP contribution in [0, 0.1) is 0 Å². The second-order valence-corrected chi connectivity index (χ2v) is 9.78. The molecule has 0 spiro atoms. The number of methoxy groups -OCH3 is 1. The molecule has 2 atom stereocenters. The Morgan fingerprint density at radius 3 is 1.76 bits per heavy atom. The number of rotatable bonds is 23. The van der Waals surface area contributed by atoms with Crippen molar-refractivity contribution in [1.29, 1.82) is 0 Å². The number of benzene rings is 1. The van der Waals surface area contributed by atoms with Crippen LogP contribution in [0.1, 0.15) is 110 Å². The van der Waals surface area contributed by atoms with Crippen LogP contribution in [0.4, 0.5) is 4.79 Å². The molecule has 0 radical (unpaired) electrons. The summed E-state index contributed by atoms with van der Waals surface area (Å²) >= 11 is 0. The van der Waals surface area contributed by atoms with Crippen molar-refractivity contribution in [3.05, 3.63) is 30.3 Å². The summed E-state index contributed by atoms with van der Waals surface area (Å²) in [6, 6.07) is 8.44. The molecule has 7 nitrogen and oxygen atoms in total. The second kappa shape index (κ2) is 23.0. The Labute approximate surface area is 224 Å². The zero-order valence-electron chi connectivity index (χ0n) is 23.3. The molecule has 7 heteroatoms. The average Bonchev–Trinajstić information content (AvgIpc) is 2.91. The average molecular weight is 522 g/mol. The normalized spacial score (nSPS) is 12.6. The second-order valence-electron chi connectivity index (χ2n) is 9.78. The summed E-state index contributed by atoms with van der Waals surface area (Å²) in [5, 5.41) is 12.9. The van der Waals surface area contributed by atoms with E-state index in [0.29, 0.717) is 12.3 Å². The van der Waals surface area contributed by atoms with Crippen LogP contribution in [0.2, 0.25) is 0 Å². The summed E-state index contributed by atoms with van der Waals surface area (Å²) in [4.78, 5) is 24.0. The molecule has 0 aliphatic heterocycles. The Bertz CT molecular complexity index is 684. The lowest BCUT2D eigenvalue weighted by molar-refractivity contribution is -0.153. The lowest BCUT2D eigenvalue weighted by Gasteiger charge is -2.20. The number of nitrogens with one attached hydrogen (secondary N) is 1. The summed E-state index contributed by atoms with van der Waals surface area (Å²) in [5.74, 6) is -0.547. The molecule has 0 heterocycles. The number of hydrogen-bond acceptors (Lipinski definition) is 6. The third kappa shape index (κ3) is 17.9. The van der Waals surface area contributed by atoms with Crippen molar-refractivity contribution >= 4 is 12.1 Å². The van der Waals surface area contributed by atoms with Gasteiger partial charge in [0.15, 0.2) is 6.10 Å². The van der Waals surface area contributed by atoms with Gasteiger partial charge in [-0.05, 0) is 18.6 Å². The van der Waals surface area contributed by atoms with Crippen LogP contribution in [0.5, 0.6) is 5.75 Å². The number of carbonyl (C=O) groups is 2. The third-order valence-corrected chi connectivity index (χ3v) is 6.54. The molecular weight excluding hydrogens is 470 g/mol. The summed E-state index contributed by atoms with van der Waals surface area (Å²) in [7, 11) is 1.33. The Morgan fingerprint density at radius 2 is 1.27 bits per heavy atom. The zero-order valence-corrected chi connectivity index (χ0v) is 23.3. The van der Waals surface area contributed by atoms with E-state index < -0.39 is 24.3 Å². The van der Waals surface area contributed by atoms with Gasteiger partial charge < -0.3 is 24.6 Å². The Balaban J connectivity index is 1.95. The maximum atomic E-state index is 12.1. The maximum absolute atomic E-state index is 12.1. The molecule has 0 fully saturated rings. The van der Waals surface area contributed by atoms with Gasteiger partial charge in [0.2, 0.25) is 0 Å². The van der Waals surface area contributed by atoms with E-state index in [1.807, 2.05) is 0 Å². The highest BCUT2D eigenvalue weighted by Crippen LogP contribution is 2.14. The molecule has 0 aliphatic carbocycles. The number of aliphatic hydroxyl groups is 1. The molecule has 0 bridgehead atoms.